The quantitative estimate of drug-likeness (QED) is 0.0161. The Bertz CT molecular complexity index is 6790. The van der Waals surface area contributed by atoms with Crippen molar-refractivity contribution in [2.75, 3.05) is 42.4 Å². The molecular formula is C90H99BrCl3N15O22S8. The van der Waals surface area contributed by atoms with E-state index in [1.807, 2.05) is 103 Å². The normalized spacial score (nSPS) is 20.4. The smallest absolute Gasteiger partial charge is 0.333 e. The molecule has 0 aliphatic heterocycles. The Hall–Kier alpha value is -9.39. The molecule has 0 saturated heterocycles. The highest BCUT2D eigenvalue weighted by Crippen LogP contribution is 2.40. The molecule has 16 rings (SSSR count). The zero-order valence-corrected chi connectivity index (χ0v) is 83.8. The van der Waals surface area contributed by atoms with Gasteiger partial charge in [-0.2, -0.15) is 33.7 Å². The van der Waals surface area contributed by atoms with Gasteiger partial charge in [0.15, 0.2) is 0 Å². The highest BCUT2D eigenvalue weighted by Gasteiger charge is 2.40. The van der Waals surface area contributed by atoms with Gasteiger partial charge in [-0.05, 0) is 211 Å². The summed E-state index contributed by atoms with van der Waals surface area (Å²) >= 11 is 27.1. The van der Waals surface area contributed by atoms with Gasteiger partial charge in [-0.1, -0.05) is 79.5 Å². The van der Waals surface area contributed by atoms with E-state index in [1.54, 1.807) is 30.3 Å². The minimum Gasteiger partial charge on any atom is -0.489 e. The van der Waals surface area contributed by atoms with Gasteiger partial charge in [0.2, 0.25) is 23.1 Å². The summed E-state index contributed by atoms with van der Waals surface area (Å²) in [4.78, 5) is 89.4. The van der Waals surface area contributed by atoms with Crippen molar-refractivity contribution >= 4 is 178 Å². The summed E-state index contributed by atoms with van der Waals surface area (Å²) in [5, 5.41) is 75.9. The molecule has 0 radical (unpaired) electrons. The third-order valence-electron chi connectivity index (χ3n) is 22.9. The van der Waals surface area contributed by atoms with Gasteiger partial charge in [-0.25, -0.2) is 60.4 Å². The molecule has 4 aliphatic carbocycles. The van der Waals surface area contributed by atoms with Gasteiger partial charge in [0.25, 0.3) is 0 Å². The van der Waals surface area contributed by atoms with Gasteiger partial charge < -0.3 is 45.5 Å². The van der Waals surface area contributed by atoms with E-state index in [9.17, 15) is 73.3 Å². The number of hydrogen-bond acceptors (Lipinski definition) is 37. The monoisotopic (exact) mass is 2180 g/mol. The summed E-state index contributed by atoms with van der Waals surface area (Å²) in [6, 6.07) is 34.6. The number of nitrogens with one attached hydrogen (secondary N) is 3. The molecule has 37 nitrogen and oxygen atoms in total. The number of benzene rings is 3. The molecule has 4 saturated carbocycles. The van der Waals surface area contributed by atoms with E-state index < -0.39 is 83.4 Å². The van der Waals surface area contributed by atoms with Crippen molar-refractivity contribution in [3.63, 3.8) is 0 Å². The van der Waals surface area contributed by atoms with Crippen LogP contribution in [-0.2, 0) is 83.8 Å². The van der Waals surface area contributed by atoms with Gasteiger partial charge in [-0.15, -0.1) is 45.3 Å². The summed E-state index contributed by atoms with van der Waals surface area (Å²) in [6.07, 6.45) is 13.2. The van der Waals surface area contributed by atoms with Crippen molar-refractivity contribution in [3.05, 3.63) is 287 Å². The Kier molecular flexibility index (Phi) is 38.3. The van der Waals surface area contributed by atoms with Crippen LogP contribution in [-0.4, -0.2) is 186 Å². The summed E-state index contributed by atoms with van der Waals surface area (Å²) in [5.74, 6) is 0.984. The second-order valence-electron chi connectivity index (χ2n) is 33.2. The first kappa shape index (κ1) is 108. The molecule has 742 valence electrons. The number of hydrogen-bond donors (Lipinski definition) is 11. The number of aryl methyl sites for hydroxylation is 1. The van der Waals surface area contributed by atoms with Crippen molar-refractivity contribution in [2.24, 2.45) is 50.1 Å². The molecule has 9 aromatic heterocycles. The Morgan fingerprint density at radius 1 is 0.482 bits per heavy atom. The summed E-state index contributed by atoms with van der Waals surface area (Å²) in [5.41, 5.74) is 6.79. The summed E-state index contributed by atoms with van der Waals surface area (Å²) < 4.78 is 119. The average molecular weight is 2190 g/mol. The number of carbonyl (C=O) groups is 4. The largest absolute Gasteiger partial charge is 0.489 e. The number of nitrogens with zero attached hydrogens (tertiary/aromatic N) is 8. The predicted octanol–water partition coefficient (Wildman–Crippen LogP) is 12.7. The van der Waals surface area contributed by atoms with Gasteiger partial charge in [0.05, 0.1) is 102 Å². The van der Waals surface area contributed by atoms with Gasteiger partial charge in [-0.3, -0.25) is 35.9 Å². The van der Waals surface area contributed by atoms with Crippen LogP contribution in [0.25, 0.3) is 0 Å². The van der Waals surface area contributed by atoms with Crippen LogP contribution in [0, 0.1) is 36.5 Å². The zero-order valence-electron chi connectivity index (χ0n) is 73.4. The van der Waals surface area contributed by atoms with Gasteiger partial charge in [0, 0.05) is 104 Å². The van der Waals surface area contributed by atoms with E-state index in [2.05, 4.69) is 95.4 Å². The molecule has 3 aromatic carbocycles. The molecule has 15 N–H and O–H groups in total. The molecule has 9 heterocycles. The van der Waals surface area contributed by atoms with E-state index in [0.29, 0.717) is 163 Å². The number of rotatable bonds is 37. The third-order valence-corrected chi connectivity index (χ3v) is 30.7. The van der Waals surface area contributed by atoms with E-state index in [1.165, 1.54) is 95.4 Å². The fourth-order valence-electron chi connectivity index (χ4n) is 16.2. The van der Waals surface area contributed by atoms with Crippen LogP contribution in [0.4, 0.5) is 17.5 Å². The molecule has 4 aliphatic rings. The van der Waals surface area contributed by atoms with Crippen molar-refractivity contribution < 1.29 is 99.2 Å². The Balaban J connectivity index is 0.000000166. The fourth-order valence-corrected chi connectivity index (χ4v) is 22.7. The molecular weight excluding hydrogens is 2090 g/mol. The van der Waals surface area contributed by atoms with Crippen molar-refractivity contribution in [2.45, 2.75) is 147 Å². The fraction of sp³-hybridized carbons (Fsp3) is 0.356. The van der Waals surface area contributed by atoms with Gasteiger partial charge in [0.1, 0.15) is 66.6 Å². The molecule has 0 amide bonds. The third kappa shape index (κ3) is 32.1. The van der Waals surface area contributed by atoms with Crippen molar-refractivity contribution in [1.82, 2.24) is 39.9 Å². The number of ketones is 4. The van der Waals surface area contributed by atoms with Crippen molar-refractivity contribution in [1.29, 1.82) is 0 Å². The van der Waals surface area contributed by atoms with E-state index in [4.69, 9.17) is 64.5 Å². The number of anilines is 3. The summed E-state index contributed by atoms with van der Waals surface area (Å²) in [6.45, 7) is 3.43. The molecule has 12 aromatic rings. The molecule has 139 heavy (non-hydrogen) atoms. The molecule has 0 spiro atoms. The molecule has 49 heteroatoms. The maximum absolute atomic E-state index is 13.4. The van der Waals surface area contributed by atoms with Gasteiger partial charge >= 0.3 is 41.2 Å². The molecule has 1 unspecified atom stereocenters. The van der Waals surface area contributed by atoms with Crippen LogP contribution in [0.5, 0.6) is 5.75 Å². The number of aliphatic hydroxyl groups excluding tert-OH is 4. The van der Waals surface area contributed by atoms with Crippen LogP contribution in [0.3, 0.4) is 0 Å². The summed E-state index contributed by atoms with van der Waals surface area (Å²) in [7, 11) is -16.3. The first-order valence-electron chi connectivity index (χ1n) is 42.6. The Labute approximate surface area is 841 Å². The highest BCUT2D eigenvalue weighted by molar-refractivity contribution is 9.11. The lowest BCUT2D eigenvalue weighted by Gasteiger charge is -2.15. The number of furan rings is 1. The number of aromatic nitrogens is 8. The first-order valence-corrected chi connectivity index (χ1v) is 53.8. The standard InChI is InChI=1S/C23H25ClN4O5S2.C23H24ClN3O6S2.C22H22BrClN4O5S2.C21H24N4O6S2.CH4/c1-13(14-3-2-4-16(24)7-14)20-5-6-21(34-20)22(30)18-10-26-12-27-23(18)28-17-8-15(19(29)9-17)11-33-35(25,31)32;24-17-2-1-3-18(8-17)32-10-15-7-22(34-12-15)23(29)19-9-26-13-27-20(19)5-14-4-16(21(28)6-14)11-33-35(25,30)31;23-21-13(4-12-2-1-3-15(24)5-12)7-19(34-21)20(30)17-9-26-11-27-22(17)28-16-6-14(18(29)8-16)10-33-35(25,31)32;1-12-2-3-16(31-12)4-13-5-19(32-10-13)20(27)17-8-23-11-24-21(17)25-15-6-14(18(26)7-15)9-30-33(22,28)29;/h2-7,10,12-13,15,17,19,29H,8-9,11H2,1H3,(H2,25,31,32)(H,26,27,28);1-3,7-9,12-14,16,21,28H,4-6,10-11H2,(H2,25,30,31);1-3,5,7,9,11,14,16,18,29H,4,6,8,10H2,(H2,25,31,32)(H,26,27,28);2-3,5,8,10-11,14-15,18,26H,4,6-7,9H2,1H3,(H2,22,28,29)(H,23,24,25);1H4/t13?,15-,17-,19+;14-,16+,21-;14-,16-,18+;14-,15-,18+;/m1011./s1. The van der Waals surface area contributed by atoms with E-state index in [0.717, 1.165) is 48.0 Å². The Morgan fingerprint density at radius 3 is 1.41 bits per heavy atom. The molecule has 4 fully saturated rings. The number of ether oxygens (including phenoxy) is 1. The SMILES string of the molecule is C.CC(c1cccc(Cl)c1)c1ccc(C(=O)c2cncnc2N[C@@H]2C[C@H](COS(N)(=O)=O)[C@@H](O)C2)s1.Cc1ccc(Cc2csc(C(=O)c3cncnc3N[C@@H]3C[C@H](COS(N)(=O)=O)[C@@H](O)C3)c2)o1.NS(=O)(=O)OC[C@H]1C[C@@H](Cc2ncncc2C(=O)c2cc(COc3cccc(Cl)c3)cs2)C[C@@H]1O.NS(=O)(=O)OC[C@H]1C[C@@H](Nc2ncncc2C(=O)c2cc(Cc3cccc(Cl)c3)c(Br)s2)C[C@@H]1O. The first-order chi connectivity index (χ1) is 65.5. The van der Waals surface area contributed by atoms with E-state index in [-0.39, 0.29) is 92.9 Å². The van der Waals surface area contributed by atoms with E-state index >= 15 is 0 Å². The molecule has 13 atom stereocenters. The number of carbonyl (C=O) groups excluding carboxylic acids is 4. The number of halogens is 4. The Morgan fingerprint density at radius 2 is 0.921 bits per heavy atom. The lowest BCUT2D eigenvalue weighted by molar-refractivity contribution is 0.0998. The molecule has 0 bridgehead atoms. The number of thiophene rings is 4. The maximum atomic E-state index is 13.4. The van der Waals surface area contributed by atoms with Crippen molar-refractivity contribution in [3.8, 4) is 5.75 Å². The number of aliphatic hydroxyl groups is 4. The number of nitrogens with two attached hydrogens (primary N) is 4. The van der Waals surface area contributed by atoms with Crippen LogP contribution in [0.15, 0.2) is 184 Å². The lowest BCUT2D eigenvalue weighted by Crippen LogP contribution is -2.24. The van der Waals surface area contributed by atoms with Crippen LogP contribution in [0.1, 0.15) is 182 Å². The second kappa shape index (κ2) is 49.1. The van der Waals surface area contributed by atoms with Crippen LogP contribution in [0.2, 0.25) is 15.1 Å². The minimum absolute atomic E-state index is 0. The predicted molar refractivity (Wildman–Crippen MR) is 529 cm³/mol. The zero-order chi connectivity index (χ0) is 98.9. The van der Waals surface area contributed by atoms with Crippen LogP contribution < -0.4 is 41.2 Å². The van der Waals surface area contributed by atoms with Crippen LogP contribution >= 0.6 is 96.1 Å². The average Bonchev–Trinajstić information content (AvgIpc) is 1.63. The second-order valence-corrected chi connectivity index (χ2v) is 44.7. The topological polar surface area (TPSA) is 588 Å². The highest BCUT2D eigenvalue weighted by atomic mass is 79.9. The minimum atomic E-state index is -4.09. The lowest BCUT2D eigenvalue weighted by atomic mass is 9.96. The maximum Gasteiger partial charge on any atom is 0.333 e.